The molecule has 17 atom stereocenters. The van der Waals surface area contributed by atoms with Crippen molar-refractivity contribution in [3.8, 4) is 0 Å². The first-order valence-electron chi connectivity index (χ1n) is 18.4. The summed E-state index contributed by atoms with van der Waals surface area (Å²) >= 11 is 0. The maximum Gasteiger partial charge on any atom is 0.456 e. The van der Waals surface area contributed by atoms with Gasteiger partial charge in [0, 0.05) is 38.4 Å². The minimum Gasteiger partial charge on any atom is -0.361 e. The lowest BCUT2D eigenvalue weighted by molar-refractivity contribution is -0.452. The largest absolute Gasteiger partial charge is 0.456 e. The Morgan fingerprint density at radius 2 is 1.32 bits per heavy atom. The van der Waals surface area contributed by atoms with Crippen molar-refractivity contribution in [2.75, 3.05) is 20.8 Å². The van der Waals surface area contributed by atoms with E-state index in [0.29, 0.717) is 6.42 Å². The number of fused-ring (bicyclic) bond motifs is 1. The number of hydrogen-bond donors (Lipinski definition) is 0. The predicted octanol–water partition coefficient (Wildman–Crippen LogP) is 5.84. The number of carbonyl (C=O) groups is 1. The van der Waals surface area contributed by atoms with E-state index in [0.717, 1.165) is 0 Å². The number of ether oxygens (including phenoxy) is 11. The summed E-state index contributed by atoms with van der Waals surface area (Å²) < 4.78 is 116. The van der Waals surface area contributed by atoms with Crippen LogP contribution < -0.4 is 0 Å². The minimum atomic E-state index is -5.02. The van der Waals surface area contributed by atoms with Crippen LogP contribution in [0.2, 0.25) is 0 Å². The second-order valence-corrected chi connectivity index (χ2v) is 17.5. The number of hydrogen-bond acceptors (Lipinski definition) is 13. The molecule has 0 aromatic rings. The molecular formula is C36H60F3O13P. The summed E-state index contributed by atoms with van der Waals surface area (Å²) in [5.41, 5.74) is -4.58. The van der Waals surface area contributed by atoms with Crippen molar-refractivity contribution in [1.82, 2.24) is 0 Å². The first-order valence-corrected chi connectivity index (χ1v) is 19.3. The van der Waals surface area contributed by atoms with Crippen LogP contribution >= 0.6 is 8.81 Å². The van der Waals surface area contributed by atoms with Gasteiger partial charge in [-0.25, -0.2) is 0 Å². The molecule has 5 aliphatic heterocycles. The van der Waals surface area contributed by atoms with Crippen LogP contribution in [0.5, 0.6) is 0 Å². The zero-order valence-electron chi connectivity index (χ0n) is 33.4. The second kappa shape index (κ2) is 15.3. The molecule has 5 heterocycles. The molecule has 0 radical (unpaired) electrons. The number of halogens is 3. The Balaban J connectivity index is 1.46. The average molecular weight is 789 g/mol. The van der Waals surface area contributed by atoms with E-state index in [1.54, 1.807) is 35.0 Å². The van der Waals surface area contributed by atoms with Gasteiger partial charge in [-0.2, -0.15) is 13.2 Å². The third-order valence-electron chi connectivity index (χ3n) is 12.4. The topological polar surface area (TPSA) is 128 Å². The van der Waals surface area contributed by atoms with E-state index in [4.69, 9.17) is 56.6 Å². The van der Waals surface area contributed by atoms with Gasteiger partial charge in [0.2, 0.25) is 0 Å². The Labute approximate surface area is 313 Å². The lowest BCUT2D eigenvalue weighted by atomic mass is 9.78. The normalized spacial score (nSPS) is 48.9. The molecule has 0 saturated carbocycles. The van der Waals surface area contributed by atoms with Crippen LogP contribution in [-0.4, -0.2) is 123 Å². The molecule has 0 N–H and O–H groups in total. The van der Waals surface area contributed by atoms with Crippen LogP contribution in [0.15, 0.2) is 0 Å². The van der Waals surface area contributed by atoms with E-state index in [-0.39, 0.29) is 24.5 Å². The highest BCUT2D eigenvalue weighted by molar-refractivity contribution is 7.53. The zero-order chi connectivity index (χ0) is 39.7. The Hall–Kier alpha value is -0.590. The summed E-state index contributed by atoms with van der Waals surface area (Å²) in [4.78, 5) is 11.7. The predicted molar refractivity (Wildman–Crippen MR) is 184 cm³/mol. The third-order valence-corrected chi connectivity index (χ3v) is 13.3. The lowest BCUT2D eigenvalue weighted by Crippen LogP contribution is -2.73. The van der Waals surface area contributed by atoms with Gasteiger partial charge in [0.1, 0.15) is 35.1 Å². The summed E-state index contributed by atoms with van der Waals surface area (Å²) in [7, 11) is 1.67. The molecule has 0 aliphatic carbocycles. The molecule has 0 aromatic heterocycles. The molecular weight excluding hydrogens is 728 g/mol. The van der Waals surface area contributed by atoms with Crippen molar-refractivity contribution in [2.45, 2.75) is 186 Å². The highest BCUT2D eigenvalue weighted by atomic mass is 31.1. The fraction of sp³-hybridized carbons (Fsp3) is 0.972. The van der Waals surface area contributed by atoms with Crippen LogP contribution in [0.3, 0.4) is 0 Å². The van der Waals surface area contributed by atoms with E-state index in [9.17, 15) is 18.0 Å². The van der Waals surface area contributed by atoms with Gasteiger partial charge in [-0.3, -0.25) is 4.79 Å². The van der Waals surface area contributed by atoms with E-state index >= 15 is 0 Å². The summed E-state index contributed by atoms with van der Waals surface area (Å²) in [5, 5.41) is 0. The first kappa shape index (κ1) is 43.5. The van der Waals surface area contributed by atoms with E-state index in [1.165, 1.54) is 0 Å². The molecule has 10 unspecified atom stereocenters. The minimum absolute atomic E-state index is 0.229. The van der Waals surface area contributed by atoms with Gasteiger partial charge in [-0.05, 0) is 62.3 Å². The lowest BCUT2D eigenvalue weighted by Gasteiger charge is -2.60. The SMILES string of the molecule is COC1(C)OC[C@@]2(CC(C)O[C@@H](OC3[C@H](O[C@@H]4C(C)[C@H](OPC(=O)C(F)(F)F)OC(C)[C@@H]4C)OC(C)C4OC(C)(OC)C(C)(C)O[C@@H]43)C2C)OC1(C)C. The van der Waals surface area contributed by atoms with Crippen molar-refractivity contribution in [3.63, 3.8) is 0 Å². The molecule has 53 heavy (non-hydrogen) atoms. The Bertz CT molecular complexity index is 1310. The monoisotopic (exact) mass is 788 g/mol. The smallest absolute Gasteiger partial charge is 0.361 e. The summed E-state index contributed by atoms with van der Waals surface area (Å²) in [5.74, 6) is -3.37. The Morgan fingerprint density at radius 3 is 1.91 bits per heavy atom. The number of methoxy groups -OCH3 is 2. The molecule has 0 bridgehead atoms. The average Bonchev–Trinajstić information content (AvgIpc) is 3.06. The maximum absolute atomic E-state index is 13.0. The Morgan fingerprint density at radius 1 is 0.717 bits per heavy atom. The van der Waals surface area contributed by atoms with Gasteiger partial charge in [0.05, 0.1) is 39.8 Å². The van der Waals surface area contributed by atoms with Crippen LogP contribution in [0.25, 0.3) is 0 Å². The highest BCUT2D eigenvalue weighted by Gasteiger charge is 2.64. The molecule has 17 heteroatoms. The van der Waals surface area contributed by atoms with Gasteiger partial charge in [-0.1, -0.05) is 20.8 Å². The van der Waals surface area contributed by atoms with Crippen molar-refractivity contribution in [2.24, 2.45) is 17.8 Å². The molecule has 5 aliphatic rings. The summed E-state index contributed by atoms with van der Waals surface area (Å²) in [6, 6.07) is 0. The number of rotatable bonds is 9. The van der Waals surface area contributed by atoms with Crippen LogP contribution in [0, 0.1) is 17.8 Å². The number of carbonyl (C=O) groups excluding carboxylic acids is 1. The van der Waals surface area contributed by atoms with Crippen molar-refractivity contribution in [1.29, 1.82) is 0 Å². The number of alkyl halides is 3. The van der Waals surface area contributed by atoms with Gasteiger partial charge in [0.15, 0.2) is 30.4 Å². The Kier molecular flexibility index (Phi) is 12.6. The van der Waals surface area contributed by atoms with Gasteiger partial charge >= 0.3 is 6.18 Å². The summed E-state index contributed by atoms with van der Waals surface area (Å²) in [6.45, 7) is 22.7. The highest BCUT2D eigenvalue weighted by Crippen LogP contribution is 2.50. The van der Waals surface area contributed by atoms with Crippen molar-refractivity contribution in [3.05, 3.63) is 0 Å². The molecule has 5 saturated heterocycles. The quantitative estimate of drug-likeness (QED) is 0.260. The molecule has 1 spiro atoms. The van der Waals surface area contributed by atoms with Gasteiger partial charge in [0.25, 0.3) is 5.52 Å². The second-order valence-electron chi connectivity index (χ2n) is 16.6. The third kappa shape index (κ3) is 8.11. The van der Waals surface area contributed by atoms with Crippen LogP contribution in [-0.2, 0) is 61.4 Å². The fourth-order valence-corrected chi connectivity index (χ4v) is 8.66. The van der Waals surface area contributed by atoms with Crippen LogP contribution in [0.1, 0.15) is 89.5 Å². The first-order chi connectivity index (χ1) is 24.3. The molecule has 5 rings (SSSR count). The summed E-state index contributed by atoms with van der Waals surface area (Å²) in [6.07, 6.45) is -11.9. The van der Waals surface area contributed by atoms with Crippen molar-refractivity contribution < 1.29 is 74.6 Å². The molecule has 5 fully saturated rings. The fourth-order valence-electron chi connectivity index (χ4n) is 8.05. The standard InChI is InChI=1S/C36H60F3O13P/c1-17-15-35(16-43-33(11,41-13)32(9,10)52-35)20(4)28(44-17)48-26-25-24(50-34(12,42-14)31(7,8)49-25)22(6)46-29(26)47-23-18(2)21(5)45-27(19(23)3)51-53-30(40)36(37,38)39/h17-29,53H,15-16H2,1-14H3/t17?,18-,19?,20?,21?,22?,23-,24?,25-,26?,27-,28-,29-,33?,34?,35+/m0/s1. The van der Waals surface area contributed by atoms with Gasteiger partial charge < -0.3 is 56.6 Å². The van der Waals surface area contributed by atoms with Crippen LogP contribution in [0.4, 0.5) is 13.2 Å². The van der Waals surface area contributed by atoms with Gasteiger partial charge in [-0.15, -0.1) is 0 Å². The molecule has 13 nitrogen and oxygen atoms in total. The van der Waals surface area contributed by atoms with E-state index in [2.05, 4.69) is 0 Å². The molecule has 308 valence electrons. The molecule has 0 aromatic carbocycles. The molecule has 0 amide bonds. The zero-order valence-corrected chi connectivity index (χ0v) is 34.4. The van der Waals surface area contributed by atoms with Crippen molar-refractivity contribution >= 4 is 14.3 Å². The van der Waals surface area contributed by atoms with E-state index in [1.807, 2.05) is 62.3 Å². The van der Waals surface area contributed by atoms with E-state index < -0.39 is 110 Å². The maximum atomic E-state index is 13.0.